The van der Waals surface area contributed by atoms with Gasteiger partial charge in [0.1, 0.15) is 18.9 Å². The van der Waals surface area contributed by atoms with Crippen LogP contribution in [0.25, 0.3) is 0 Å². The third kappa shape index (κ3) is 5.70. The van der Waals surface area contributed by atoms with Gasteiger partial charge in [0.25, 0.3) is 11.4 Å². The number of nitro groups is 2. The maximum absolute atomic E-state index is 12.1. The van der Waals surface area contributed by atoms with Crippen LogP contribution in [-0.2, 0) is 26.2 Å². The zero-order valence-electron chi connectivity index (χ0n) is 14.9. The molecule has 2 aromatic rings. The molecule has 13 heteroatoms. The molecule has 0 aliphatic rings. The molecular formula is C16H15N3O9S. The lowest BCUT2D eigenvalue weighted by molar-refractivity contribution is -0.385. The topological polar surface area (TPSA) is 168 Å². The Morgan fingerprint density at radius 1 is 1.03 bits per heavy atom. The molecule has 0 bridgehead atoms. The van der Waals surface area contributed by atoms with Gasteiger partial charge >= 0.3 is 5.97 Å². The first-order chi connectivity index (χ1) is 13.6. The predicted octanol–water partition coefficient (Wildman–Crippen LogP) is 1.53. The molecule has 0 amide bonds. The number of nitrogens with one attached hydrogen (secondary N) is 1. The zero-order chi connectivity index (χ0) is 21.6. The Bertz CT molecular complexity index is 1040. The molecule has 0 aromatic heterocycles. The summed E-state index contributed by atoms with van der Waals surface area (Å²) in [6.07, 6.45) is 0. The second-order valence-electron chi connectivity index (χ2n) is 5.49. The van der Waals surface area contributed by atoms with Gasteiger partial charge in [-0.2, -0.15) is 4.72 Å². The number of nitro benzene ring substituents is 2. The lowest BCUT2D eigenvalue weighted by atomic mass is 10.2. The van der Waals surface area contributed by atoms with Crippen molar-refractivity contribution >= 4 is 27.4 Å². The fraction of sp³-hybridized carbons (Fsp3) is 0.188. The zero-order valence-corrected chi connectivity index (χ0v) is 15.7. The summed E-state index contributed by atoms with van der Waals surface area (Å²) in [5.41, 5.74) is -0.279. The van der Waals surface area contributed by atoms with E-state index >= 15 is 0 Å². The summed E-state index contributed by atoms with van der Waals surface area (Å²) in [7, 11) is -2.76. The third-order valence-electron chi connectivity index (χ3n) is 3.63. The standard InChI is InChI=1S/C16H15N3O9S/c1-27-15-7-4-13(19(23)24)8-11(15)10-28-16(20)9-17-29(25,26)14-5-2-12(3-6-14)18(21)22/h2-8,17H,9-10H2,1H3. The number of hydrogen-bond acceptors (Lipinski definition) is 9. The molecular weight excluding hydrogens is 410 g/mol. The van der Waals surface area contributed by atoms with Crippen LogP contribution in [0.4, 0.5) is 11.4 Å². The predicted molar refractivity (Wildman–Crippen MR) is 97.7 cm³/mol. The highest BCUT2D eigenvalue weighted by Crippen LogP contribution is 2.24. The SMILES string of the molecule is COc1ccc([N+](=O)[O-])cc1COC(=O)CNS(=O)(=O)c1ccc([N+](=O)[O-])cc1. The lowest BCUT2D eigenvalue weighted by Crippen LogP contribution is -2.30. The van der Waals surface area contributed by atoms with Crippen molar-refractivity contribution in [3.8, 4) is 5.75 Å². The van der Waals surface area contributed by atoms with Gasteiger partial charge in [0, 0.05) is 29.8 Å². The van der Waals surface area contributed by atoms with Crippen molar-refractivity contribution in [2.45, 2.75) is 11.5 Å². The molecule has 0 radical (unpaired) electrons. The molecule has 12 nitrogen and oxygen atoms in total. The number of ether oxygens (including phenoxy) is 2. The van der Waals surface area contributed by atoms with Crippen molar-refractivity contribution in [3.63, 3.8) is 0 Å². The maximum atomic E-state index is 12.1. The minimum Gasteiger partial charge on any atom is -0.496 e. The number of rotatable bonds is 9. The molecule has 1 N–H and O–H groups in total. The van der Waals surface area contributed by atoms with Crippen molar-refractivity contribution in [1.82, 2.24) is 4.72 Å². The highest BCUT2D eigenvalue weighted by Gasteiger charge is 2.18. The van der Waals surface area contributed by atoms with E-state index in [1.807, 2.05) is 4.72 Å². The second-order valence-corrected chi connectivity index (χ2v) is 7.26. The number of non-ortho nitro benzene ring substituents is 2. The van der Waals surface area contributed by atoms with Gasteiger partial charge in [-0.05, 0) is 18.2 Å². The molecule has 29 heavy (non-hydrogen) atoms. The van der Waals surface area contributed by atoms with Gasteiger partial charge in [-0.3, -0.25) is 25.0 Å². The third-order valence-corrected chi connectivity index (χ3v) is 5.04. The Hall–Kier alpha value is -3.58. The van der Waals surface area contributed by atoms with Gasteiger partial charge in [-0.1, -0.05) is 0 Å². The minimum absolute atomic E-state index is 0.226. The Labute approximate surface area is 164 Å². The molecule has 0 spiro atoms. The molecule has 0 atom stereocenters. The van der Waals surface area contributed by atoms with Crippen molar-refractivity contribution < 1.29 is 32.5 Å². The molecule has 2 aromatic carbocycles. The van der Waals surface area contributed by atoms with E-state index in [1.165, 1.54) is 25.3 Å². The Morgan fingerprint density at radius 2 is 1.62 bits per heavy atom. The number of carbonyl (C=O) groups excluding carboxylic acids is 1. The summed E-state index contributed by atoms with van der Waals surface area (Å²) < 4.78 is 36.2. The number of esters is 1. The van der Waals surface area contributed by atoms with Gasteiger partial charge in [-0.15, -0.1) is 0 Å². The Morgan fingerprint density at radius 3 is 2.17 bits per heavy atom. The summed E-state index contributed by atoms with van der Waals surface area (Å²) in [5.74, 6) is -0.682. The van der Waals surface area contributed by atoms with Crippen LogP contribution in [0.2, 0.25) is 0 Å². The smallest absolute Gasteiger partial charge is 0.321 e. The average molecular weight is 425 g/mol. The fourth-order valence-corrected chi connectivity index (χ4v) is 3.15. The summed E-state index contributed by atoms with van der Waals surface area (Å²) >= 11 is 0. The molecule has 0 fully saturated rings. The first kappa shape index (κ1) is 21.7. The summed E-state index contributed by atoms with van der Waals surface area (Å²) in [5, 5.41) is 21.4. The van der Waals surface area contributed by atoms with Crippen LogP contribution in [0, 0.1) is 20.2 Å². The van der Waals surface area contributed by atoms with Crippen LogP contribution in [0.1, 0.15) is 5.56 Å². The van der Waals surface area contributed by atoms with Crippen molar-refractivity contribution in [3.05, 3.63) is 68.3 Å². The minimum atomic E-state index is -4.10. The first-order valence-electron chi connectivity index (χ1n) is 7.85. The maximum Gasteiger partial charge on any atom is 0.321 e. The number of hydrogen-bond donors (Lipinski definition) is 1. The summed E-state index contributed by atoms with van der Waals surface area (Å²) in [6.45, 7) is -1.08. The van der Waals surface area contributed by atoms with E-state index < -0.39 is 32.4 Å². The molecule has 154 valence electrons. The fourth-order valence-electron chi connectivity index (χ4n) is 2.18. The number of nitrogens with zero attached hydrogens (tertiary/aromatic N) is 2. The molecule has 0 aliphatic heterocycles. The van der Waals surface area contributed by atoms with Gasteiger partial charge in [0.2, 0.25) is 10.0 Å². The number of benzene rings is 2. The first-order valence-corrected chi connectivity index (χ1v) is 9.33. The molecule has 0 unspecified atom stereocenters. The number of sulfonamides is 1. The van der Waals surface area contributed by atoms with Crippen LogP contribution >= 0.6 is 0 Å². The molecule has 0 aliphatic carbocycles. The van der Waals surface area contributed by atoms with E-state index in [0.717, 1.165) is 24.3 Å². The van der Waals surface area contributed by atoms with Crippen LogP contribution in [0.3, 0.4) is 0 Å². The molecule has 0 heterocycles. The summed E-state index contributed by atoms with van der Waals surface area (Å²) in [4.78, 5) is 31.7. The Balaban J connectivity index is 1.98. The number of carbonyl (C=O) groups is 1. The van der Waals surface area contributed by atoms with Crippen molar-refractivity contribution in [2.24, 2.45) is 0 Å². The van der Waals surface area contributed by atoms with E-state index in [0.29, 0.717) is 0 Å². The van der Waals surface area contributed by atoms with Crippen LogP contribution in [0.15, 0.2) is 47.4 Å². The van der Waals surface area contributed by atoms with Gasteiger partial charge in [0.05, 0.1) is 21.9 Å². The van der Waals surface area contributed by atoms with E-state index in [4.69, 9.17) is 9.47 Å². The van der Waals surface area contributed by atoms with Crippen LogP contribution < -0.4 is 9.46 Å². The highest BCUT2D eigenvalue weighted by atomic mass is 32.2. The Kier molecular flexibility index (Phi) is 6.80. The van der Waals surface area contributed by atoms with E-state index in [2.05, 4.69) is 0 Å². The van der Waals surface area contributed by atoms with Gasteiger partial charge in [0.15, 0.2) is 0 Å². The van der Waals surface area contributed by atoms with E-state index in [1.54, 1.807) is 0 Å². The quantitative estimate of drug-likeness (QED) is 0.356. The molecule has 0 saturated heterocycles. The van der Waals surface area contributed by atoms with Crippen LogP contribution in [-0.4, -0.2) is 37.9 Å². The second kappa shape index (κ2) is 9.07. The number of methoxy groups -OCH3 is 1. The molecule has 0 saturated carbocycles. The average Bonchev–Trinajstić information content (AvgIpc) is 2.70. The summed E-state index contributed by atoms with van der Waals surface area (Å²) in [6, 6.07) is 7.83. The van der Waals surface area contributed by atoms with E-state index in [9.17, 15) is 33.4 Å². The highest BCUT2D eigenvalue weighted by molar-refractivity contribution is 7.89. The van der Waals surface area contributed by atoms with Crippen LogP contribution in [0.5, 0.6) is 5.75 Å². The van der Waals surface area contributed by atoms with Crippen molar-refractivity contribution in [1.29, 1.82) is 0 Å². The largest absolute Gasteiger partial charge is 0.496 e. The lowest BCUT2D eigenvalue weighted by Gasteiger charge is -2.10. The van der Waals surface area contributed by atoms with E-state index in [-0.39, 0.29) is 34.2 Å². The monoisotopic (exact) mass is 425 g/mol. The molecule has 2 rings (SSSR count). The van der Waals surface area contributed by atoms with Crippen molar-refractivity contribution in [2.75, 3.05) is 13.7 Å². The van der Waals surface area contributed by atoms with Gasteiger partial charge in [-0.25, -0.2) is 8.42 Å². The van der Waals surface area contributed by atoms with Gasteiger partial charge < -0.3 is 9.47 Å². The normalized spacial score (nSPS) is 10.9.